The molecule has 1 aliphatic heterocycles. The number of ketones is 1. The fourth-order valence-corrected chi connectivity index (χ4v) is 2.68. The first-order chi connectivity index (χ1) is 8.99. The summed E-state index contributed by atoms with van der Waals surface area (Å²) in [6.07, 6.45) is 3.54. The van der Waals surface area contributed by atoms with Gasteiger partial charge >= 0.3 is 0 Å². The Morgan fingerprint density at radius 3 is 2.68 bits per heavy atom. The van der Waals surface area contributed by atoms with E-state index in [0.717, 1.165) is 25.8 Å². The average molecular weight is 268 g/mol. The van der Waals surface area contributed by atoms with E-state index in [4.69, 9.17) is 0 Å². The monoisotopic (exact) mass is 268 g/mol. The van der Waals surface area contributed by atoms with Crippen LogP contribution in [0.25, 0.3) is 0 Å². The van der Waals surface area contributed by atoms with Gasteiger partial charge in [0.25, 0.3) is 0 Å². The number of amides is 1. The largest absolute Gasteiger partial charge is 0.352 e. The molecule has 1 fully saturated rings. The maximum atomic E-state index is 12.2. The van der Waals surface area contributed by atoms with Crippen molar-refractivity contribution >= 4 is 11.7 Å². The zero-order valence-corrected chi connectivity index (χ0v) is 12.7. The molecule has 4 heteroatoms. The molecule has 0 spiro atoms. The van der Waals surface area contributed by atoms with Gasteiger partial charge < -0.3 is 5.32 Å². The molecule has 3 unspecified atom stereocenters. The Balaban J connectivity index is 2.50. The molecule has 3 atom stereocenters. The number of hydrogen-bond donors (Lipinski definition) is 1. The van der Waals surface area contributed by atoms with Crippen molar-refractivity contribution in [2.75, 3.05) is 13.1 Å². The second kappa shape index (κ2) is 7.63. The Bertz CT molecular complexity index is 317. The zero-order chi connectivity index (χ0) is 14.4. The maximum absolute atomic E-state index is 12.2. The lowest BCUT2D eigenvalue weighted by atomic mass is 9.93. The van der Waals surface area contributed by atoms with Crippen molar-refractivity contribution in [2.24, 2.45) is 5.92 Å². The number of Topliss-reactive ketones (excluding diaryl/α,β-unsaturated/α-hetero) is 1. The van der Waals surface area contributed by atoms with Gasteiger partial charge in [-0.1, -0.05) is 20.3 Å². The minimum absolute atomic E-state index is 0.0881. The molecular weight excluding hydrogens is 240 g/mol. The van der Waals surface area contributed by atoms with E-state index < -0.39 is 0 Å². The van der Waals surface area contributed by atoms with Gasteiger partial charge in [0, 0.05) is 31.5 Å². The fraction of sp³-hybridized carbons (Fsp3) is 0.867. The number of likely N-dealkylation sites (tertiary alicyclic amines) is 1. The first kappa shape index (κ1) is 16.2. The Morgan fingerprint density at radius 2 is 2.11 bits per heavy atom. The first-order valence-corrected chi connectivity index (χ1v) is 7.56. The molecule has 19 heavy (non-hydrogen) atoms. The second-order valence-electron chi connectivity index (χ2n) is 5.69. The highest BCUT2D eigenvalue weighted by atomic mass is 16.2. The first-order valence-electron chi connectivity index (χ1n) is 7.56. The molecule has 0 aromatic carbocycles. The van der Waals surface area contributed by atoms with Crippen molar-refractivity contribution in [2.45, 2.75) is 65.5 Å². The van der Waals surface area contributed by atoms with Crippen LogP contribution in [0.5, 0.6) is 0 Å². The van der Waals surface area contributed by atoms with Gasteiger partial charge in [-0.2, -0.15) is 0 Å². The van der Waals surface area contributed by atoms with Gasteiger partial charge in [0.2, 0.25) is 5.91 Å². The van der Waals surface area contributed by atoms with Crippen molar-refractivity contribution in [3.63, 3.8) is 0 Å². The summed E-state index contributed by atoms with van der Waals surface area (Å²) >= 11 is 0. The van der Waals surface area contributed by atoms with Gasteiger partial charge in [-0.25, -0.2) is 0 Å². The molecule has 110 valence electrons. The Labute approximate surface area is 116 Å². The minimum Gasteiger partial charge on any atom is -0.352 e. The topological polar surface area (TPSA) is 49.4 Å². The van der Waals surface area contributed by atoms with Crippen LogP contribution in [0, 0.1) is 5.92 Å². The number of nitrogens with zero attached hydrogens (tertiary/aromatic N) is 1. The van der Waals surface area contributed by atoms with Crippen LogP contribution in [-0.4, -0.2) is 41.8 Å². The van der Waals surface area contributed by atoms with Crippen LogP contribution in [0.2, 0.25) is 0 Å². The molecule has 1 heterocycles. The number of carbonyl (C=O) groups is 2. The predicted octanol–water partition coefficient (Wildman–Crippen LogP) is 1.98. The summed E-state index contributed by atoms with van der Waals surface area (Å²) < 4.78 is 0. The molecule has 0 saturated carbocycles. The predicted molar refractivity (Wildman–Crippen MR) is 77.0 cm³/mol. The second-order valence-corrected chi connectivity index (χ2v) is 5.69. The van der Waals surface area contributed by atoms with E-state index in [-0.39, 0.29) is 23.9 Å². The molecule has 0 aliphatic carbocycles. The number of piperidine rings is 1. The SMILES string of the molecule is CCCC(C)NC(=O)C(C)N1CCC(=O)C(CC)C1. The van der Waals surface area contributed by atoms with Crippen LogP contribution in [0.4, 0.5) is 0 Å². The highest BCUT2D eigenvalue weighted by Gasteiger charge is 2.31. The van der Waals surface area contributed by atoms with Crippen LogP contribution in [0.15, 0.2) is 0 Å². The smallest absolute Gasteiger partial charge is 0.237 e. The van der Waals surface area contributed by atoms with Crippen molar-refractivity contribution in [3.05, 3.63) is 0 Å². The van der Waals surface area contributed by atoms with E-state index in [1.165, 1.54) is 0 Å². The number of carbonyl (C=O) groups excluding carboxylic acids is 2. The van der Waals surface area contributed by atoms with Gasteiger partial charge in [-0.15, -0.1) is 0 Å². The summed E-state index contributed by atoms with van der Waals surface area (Å²) in [5, 5.41) is 3.06. The van der Waals surface area contributed by atoms with Gasteiger partial charge in [0.05, 0.1) is 6.04 Å². The third-order valence-corrected chi connectivity index (χ3v) is 4.09. The molecule has 4 nitrogen and oxygen atoms in total. The molecule has 0 radical (unpaired) electrons. The number of rotatable bonds is 6. The summed E-state index contributed by atoms with van der Waals surface area (Å²) in [4.78, 5) is 26.0. The van der Waals surface area contributed by atoms with Crippen LogP contribution < -0.4 is 5.32 Å². The molecule has 1 saturated heterocycles. The summed E-state index contributed by atoms with van der Waals surface area (Å²) in [6, 6.07) is 0.0924. The van der Waals surface area contributed by atoms with E-state index >= 15 is 0 Å². The molecule has 1 aliphatic rings. The molecule has 1 rings (SSSR count). The van der Waals surface area contributed by atoms with E-state index in [2.05, 4.69) is 17.1 Å². The number of nitrogens with one attached hydrogen (secondary N) is 1. The van der Waals surface area contributed by atoms with Crippen LogP contribution in [0.3, 0.4) is 0 Å². The summed E-state index contributed by atoms with van der Waals surface area (Å²) in [5.74, 6) is 0.549. The lowest BCUT2D eigenvalue weighted by Gasteiger charge is -2.35. The average Bonchev–Trinajstić information content (AvgIpc) is 2.38. The van der Waals surface area contributed by atoms with Crippen LogP contribution in [0.1, 0.15) is 53.4 Å². The third kappa shape index (κ3) is 4.60. The van der Waals surface area contributed by atoms with Crippen molar-refractivity contribution in [1.29, 1.82) is 0 Å². The highest BCUT2D eigenvalue weighted by molar-refractivity contribution is 5.84. The third-order valence-electron chi connectivity index (χ3n) is 4.09. The van der Waals surface area contributed by atoms with E-state index in [9.17, 15) is 9.59 Å². The zero-order valence-electron chi connectivity index (χ0n) is 12.7. The van der Waals surface area contributed by atoms with Crippen molar-refractivity contribution in [1.82, 2.24) is 10.2 Å². The van der Waals surface area contributed by atoms with Gasteiger partial charge in [0.1, 0.15) is 5.78 Å². The molecular formula is C15H28N2O2. The summed E-state index contributed by atoms with van der Waals surface area (Å²) in [7, 11) is 0. The van der Waals surface area contributed by atoms with E-state index in [1.54, 1.807) is 0 Å². The Kier molecular flexibility index (Phi) is 6.49. The van der Waals surface area contributed by atoms with E-state index in [0.29, 0.717) is 18.7 Å². The van der Waals surface area contributed by atoms with Crippen LogP contribution in [-0.2, 0) is 9.59 Å². The molecule has 1 amide bonds. The normalized spacial score (nSPS) is 24.0. The van der Waals surface area contributed by atoms with Crippen molar-refractivity contribution in [3.8, 4) is 0 Å². The molecule has 0 bridgehead atoms. The minimum atomic E-state index is -0.138. The Hall–Kier alpha value is -0.900. The van der Waals surface area contributed by atoms with Crippen molar-refractivity contribution < 1.29 is 9.59 Å². The lowest BCUT2D eigenvalue weighted by molar-refractivity contribution is -0.132. The highest BCUT2D eigenvalue weighted by Crippen LogP contribution is 2.18. The molecule has 0 aromatic rings. The molecule has 0 aromatic heterocycles. The van der Waals surface area contributed by atoms with Gasteiger partial charge in [-0.3, -0.25) is 14.5 Å². The summed E-state index contributed by atoms with van der Waals surface area (Å²) in [6.45, 7) is 9.59. The van der Waals surface area contributed by atoms with E-state index in [1.807, 2.05) is 20.8 Å². The van der Waals surface area contributed by atoms with Crippen LogP contribution >= 0.6 is 0 Å². The Morgan fingerprint density at radius 1 is 1.42 bits per heavy atom. The van der Waals surface area contributed by atoms with Gasteiger partial charge in [-0.05, 0) is 26.7 Å². The van der Waals surface area contributed by atoms with Gasteiger partial charge in [0.15, 0.2) is 0 Å². The molecule has 1 N–H and O–H groups in total. The quantitative estimate of drug-likeness (QED) is 0.801. The maximum Gasteiger partial charge on any atom is 0.237 e. The lowest BCUT2D eigenvalue weighted by Crippen LogP contribution is -2.52. The fourth-order valence-electron chi connectivity index (χ4n) is 2.68. The standard InChI is InChI=1S/C15H28N2O2/c1-5-7-11(3)16-15(19)12(4)17-9-8-14(18)13(6-2)10-17/h11-13H,5-10H2,1-4H3,(H,16,19). The number of hydrogen-bond acceptors (Lipinski definition) is 3. The summed E-state index contributed by atoms with van der Waals surface area (Å²) in [5.41, 5.74) is 0.